The molecule has 2 aliphatic heterocycles. The van der Waals surface area contributed by atoms with Crippen LogP contribution in [-0.2, 0) is 0 Å². The summed E-state index contributed by atoms with van der Waals surface area (Å²) >= 11 is 0. The van der Waals surface area contributed by atoms with Gasteiger partial charge in [0.1, 0.15) is 0 Å². The molecule has 0 unspecified atom stereocenters. The monoisotopic (exact) mass is 354 g/mol. The first-order chi connectivity index (χ1) is 13.9. The molecule has 0 spiro atoms. The van der Waals surface area contributed by atoms with E-state index in [-0.39, 0.29) is 6.71 Å². The Morgan fingerprint density at radius 3 is 2.32 bits per heavy atom. The van der Waals surface area contributed by atoms with E-state index < -0.39 is 0 Å². The standard InChI is InChI=1S/C25H15BN2/c27-16-17-13-14-19-20-9-6-12-24-25(20)26(22(19)15-17)21-10-4-5-11-23(21)28(24)18-7-2-1-3-8-18/h1-15H. The fourth-order valence-electron chi connectivity index (χ4n) is 4.80. The summed E-state index contributed by atoms with van der Waals surface area (Å²) < 4.78 is 0. The number of fused-ring (bicyclic) bond motifs is 5. The van der Waals surface area contributed by atoms with Gasteiger partial charge in [0.15, 0.2) is 0 Å². The topological polar surface area (TPSA) is 27.0 Å². The highest BCUT2D eigenvalue weighted by Crippen LogP contribution is 2.39. The Morgan fingerprint density at radius 2 is 1.46 bits per heavy atom. The minimum Gasteiger partial charge on any atom is -0.312 e. The maximum absolute atomic E-state index is 9.44. The fraction of sp³-hybridized carbons (Fsp3) is 0. The number of benzene rings is 4. The molecule has 0 saturated carbocycles. The van der Waals surface area contributed by atoms with Gasteiger partial charge in [0.25, 0.3) is 0 Å². The first-order valence-corrected chi connectivity index (χ1v) is 9.48. The second kappa shape index (κ2) is 5.61. The molecule has 6 rings (SSSR count). The third kappa shape index (κ3) is 1.92. The van der Waals surface area contributed by atoms with E-state index in [1.165, 1.54) is 38.9 Å². The minimum atomic E-state index is 0.172. The Morgan fingerprint density at radius 1 is 0.679 bits per heavy atom. The summed E-state index contributed by atoms with van der Waals surface area (Å²) in [6, 6.07) is 34.2. The van der Waals surface area contributed by atoms with Crippen molar-refractivity contribution in [1.82, 2.24) is 0 Å². The Kier molecular flexibility index (Phi) is 3.07. The molecule has 2 nitrogen and oxygen atoms in total. The van der Waals surface area contributed by atoms with Gasteiger partial charge in [-0.25, -0.2) is 0 Å². The van der Waals surface area contributed by atoms with Crippen molar-refractivity contribution in [3.05, 3.63) is 96.6 Å². The predicted molar refractivity (Wildman–Crippen MR) is 116 cm³/mol. The van der Waals surface area contributed by atoms with Crippen LogP contribution in [0, 0.1) is 11.3 Å². The van der Waals surface area contributed by atoms with Crippen molar-refractivity contribution in [2.45, 2.75) is 0 Å². The van der Waals surface area contributed by atoms with Crippen LogP contribution in [0.1, 0.15) is 5.56 Å². The Hall–Kier alpha value is -3.77. The van der Waals surface area contributed by atoms with Crippen molar-refractivity contribution in [3.8, 4) is 17.2 Å². The van der Waals surface area contributed by atoms with Gasteiger partial charge in [0.2, 0.25) is 6.71 Å². The summed E-state index contributed by atoms with van der Waals surface area (Å²) in [6.45, 7) is 0.172. The van der Waals surface area contributed by atoms with Crippen LogP contribution in [-0.4, -0.2) is 6.71 Å². The first kappa shape index (κ1) is 15.3. The fourth-order valence-corrected chi connectivity index (χ4v) is 4.80. The molecule has 128 valence electrons. The molecular formula is C25H15BN2. The lowest BCUT2D eigenvalue weighted by Crippen LogP contribution is -2.54. The van der Waals surface area contributed by atoms with Gasteiger partial charge in [-0.2, -0.15) is 5.26 Å². The lowest BCUT2D eigenvalue weighted by Gasteiger charge is -2.35. The highest BCUT2D eigenvalue weighted by molar-refractivity contribution is 7.01. The molecular weight excluding hydrogens is 339 g/mol. The van der Waals surface area contributed by atoms with E-state index in [0.29, 0.717) is 0 Å². The maximum atomic E-state index is 9.44. The SMILES string of the molecule is N#Cc1ccc2c(c1)B1c3ccccc3N(c3ccccc3)c3cccc-2c31. The quantitative estimate of drug-likeness (QED) is 0.420. The Balaban J connectivity index is 1.71. The highest BCUT2D eigenvalue weighted by atomic mass is 15.1. The molecule has 0 fully saturated rings. The summed E-state index contributed by atoms with van der Waals surface area (Å²) in [4.78, 5) is 2.36. The third-order valence-corrected chi connectivity index (χ3v) is 5.90. The normalized spacial score (nSPS) is 12.8. The summed E-state index contributed by atoms with van der Waals surface area (Å²) in [7, 11) is 0. The van der Waals surface area contributed by atoms with Crippen LogP contribution in [0.2, 0.25) is 0 Å². The third-order valence-electron chi connectivity index (χ3n) is 5.90. The Labute approximate surface area is 164 Å². The number of para-hydroxylation sites is 2. The zero-order valence-corrected chi connectivity index (χ0v) is 15.1. The summed E-state index contributed by atoms with van der Waals surface area (Å²) in [5, 5.41) is 9.44. The molecule has 0 radical (unpaired) electrons. The average molecular weight is 354 g/mol. The van der Waals surface area contributed by atoms with Crippen molar-refractivity contribution < 1.29 is 0 Å². The number of rotatable bonds is 1. The molecule has 0 bridgehead atoms. The van der Waals surface area contributed by atoms with Gasteiger partial charge in [0, 0.05) is 17.1 Å². The summed E-state index contributed by atoms with van der Waals surface area (Å²) in [6.07, 6.45) is 0. The van der Waals surface area contributed by atoms with Crippen molar-refractivity contribution in [2.75, 3.05) is 4.90 Å². The maximum Gasteiger partial charge on any atom is 0.248 e. The largest absolute Gasteiger partial charge is 0.312 e. The molecule has 2 aliphatic rings. The number of nitrogens with zero attached hydrogens (tertiary/aromatic N) is 2. The van der Waals surface area contributed by atoms with Gasteiger partial charge < -0.3 is 4.90 Å². The highest BCUT2D eigenvalue weighted by Gasteiger charge is 2.42. The molecule has 0 aliphatic carbocycles. The molecule has 0 aromatic heterocycles. The number of hydrogen-bond acceptors (Lipinski definition) is 2. The van der Waals surface area contributed by atoms with Crippen LogP contribution in [0.25, 0.3) is 11.1 Å². The van der Waals surface area contributed by atoms with Crippen LogP contribution >= 0.6 is 0 Å². The second-order valence-corrected chi connectivity index (χ2v) is 7.31. The van der Waals surface area contributed by atoms with Crippen LogP contribution in [0.3, 0.4) is 0 Å². The molecule has 0 atom stereocenters. The van der Waals surface area contributed by atoms with E-state index >= 15 is 0 Å². The van der Waals surface area contributed by atoms with Crippen LogP contribution in [0.15, 0.2) is 91.0 Å². The van der Waals surface area contributed by atoms with E-state index in [1.54, 1.807) is 0 Å². The van der Waals surface area contributed by atoms with Crippen molar-refractivity contribution in [1.29, 1.82) is 5.26 Å². The van der Waals surface area contributed by atoms with Crippen LogP contribution in [0.5, 0.6) is 0 Å². The molecule has 0 N–H and O–H groups in total. The lowest BCUT2D eigenvalue weighted by atomic mass is 9.37. The lowest BCUT2D eigenvalue weighted by molar-refractivity contribution is 1.30. The van der Waals surface area contributed by atoms with Crippen molar-refractivity contribution in [2.24, 2.45) is 0 Å². The summed E-state index contributed by atoms with van der Waals surface area (Å²) in [5.41, 5.74) is 10.7. The predicted octanol–water partition coefficient (Wildman–Crippen LogP) is 3.84. The number of hydrogen-bond donors (Lipinski definition) is 0. The minimum absolute atomic E-state index is 0.172. The average Bonchev–Trinajstić information content (AvgIpc) is 3.10. The van der Waals surface area contributed by atoms with Gasteiger partial charge in [-0.3, -0.25) is 0 Å². The molecule has 3 heteroatoms. The van der Waals surface area contributed by atoms with E-state index in [9.17, 15) is 5.26 Å². The van der Waals surface area contributed by atoms with Crippen LogP contribution in [0.4, 0.5) is 17.1 Å². The Bertz CT molecular complexity index is 1290. The number of anilines is 3. The zero-order valence-electron chi connectivity index (χ0n) is 15.1. The van der Waals surface area contributed by atoms with Gasteiger partial charge >= 0.3 is 0 Å². The molecule has 28 heavy (non-hydrogen) atoms. The van der Waals surface area contributed by atoms with Gasteiger partial charge in [-0.1, -0.05) is 60.1 Å². The van der Waals surface area contributed by atoms with Crippen molar-refractivity contribution in [3.63, 3.8) is 0 Å². The van der Waals surface area contributed by atoms with Crippen molar-refractivity contribution >= 4 is 40.2 Å². The second-order valence-electron chi connectivity index (χ2n) is 7.31. The summed E-state index contributed by atoms with van der Waals surface area (Å²) in [5.74, 6) is 0. The molecule has 4 aromatic carbocycles. The van der Waals surface area contributed by atoms with E-state index in [4.69, 9.17) is 0 Å². The van der Waals surface area contributed by atoms with Gasteiger partial charge in [-0.15, -0.1) is 0 Å². The first-order valence-electron chi connectivity index (χ1n) is 9.48. The smallest absolute Gasteiger partial charge is 0.248 e. The van der Waals surface area contributed by atoms with Gasteiger partial charge in [-0.05, 0) is 58.5 Å². The molecule has 4 aromatic rings. The van der Waals surface area contributed by atoms with E-state index in [1.807, 2.05) is 6.07 Å². The molecule has 2 heterocycles. The molecule has 0 amide bonds. The van der Waals surface area contributed by atoms with Gasteiger partial charge in [0.05, 0.1) is 11.6 Å². The number of nitriles is 1. The van der Waals surface area contributed by atoms with Crippen LogP contribution < -0.4 is 21.3 Å². The van der Waals surface area contributed by atoms with E-state index in [2.05, 4.69) is 95.9 Å². The zero-order chi connectivity index (χ0) is 18.7. The molecule has 0 saturated heterocycles. The van der Waals surface area contributed by atoms with E-state index in [0.717, 1.165) is 11.3 Å².